The maximum absolute atomic E-state index is 11.5. The van der Waals surface area contributed by atoms with Crippen LogP contribution < -0.4 is 10.2 Å². The second-order valence-electron chi connectivity index (χ2n) is 6.40. The van der Waals surface area contributed by atoms with Crippen molar-refractivity contribution >= 4 is 23.6 Å². The first kappa shape index (κ1) is 14.9. The number of rotatable bonds is 4. The van der Waals surface area contributed by atoms with E-state index in [2.05, 4.69) is 25.5 Å². The number of hydrogen-bond acceptors (Lipinski definition) is 6. The summed E-state index contributed by atoms with van der Waals surface area (Å²) in [6, 6.07) is 1.38. The summed E-state index contributed by atoms with van der Waals surface area (Å²) in [5, 5.41) is 19.8. The molecule has 4 rings (SSSR count). The zero-order chi connectivity index (χ0) is 16.7. The van der Waals surface area contributed by atoms with Crippen molar-refractivity contribution in [3.05, 3.63) is 23.0 Å². The van der Waals surface area contributed by atoms with Gasteiger partial charge in [0.2, 0.25) is 5.95 Å². The van der Waals surface area contributed by atoms with Gasteiger partial charge in [0, 0.05) is 23.9 Å². The second kappa shape index (κ2) is 5.77. The van der Waals surface area contributed by atoms with E-state index in [9.17, 15) is 9.90 Å². The van der Waals surface area contributed by atoms with Gasteiger partial charge in [-0.25, -0.2) is 9.78 Å². The summed E-state index contributed by atoms with van der Waals surface area (Å²) in [7, 11) is 0. The SMILES string of the molecule is Cc1cc(Nc2nc(N3CCCC3C(=O)O)nc3c2CCC3)n[nH]1. The van der Waals surface area contributed by atoms with Crippen molar-refractivity contribution in [3.8, 4) is 0 Å². The number of carbonyl (C=O) groups is 1. The largest absolute Gasteiger partial charge is 0.480 e. The zero-order valence-electron chi connectivity index (χ0n) is 13.5. The van der Waals surface area contributed by atoms with Crippen molar-refractivity contribution in [2.45, 2.75) is 45.1 Å². The number of anilines is 3. The number of aliphatic carboxylic acids is 1. The lowest BCUT2D eigenvalue weighted by Gasteiger charge is -2.23. The van der Waals surface area contributed by atoms with Crippen LogP contribution >= 0.6 is 0 Å². The van der Waals surface area contributed by atoms with Crippen molar-refractivity contribution in [2.75, 3.05) is 16.8 Å². The Bertz CT molecular complexity index is 787. The molecular formula is C16H20N6O2. The van der Waals surface area contributed by atoms with Gasteiger partial charge in [-0.3, -0.25) is 5.10 Å². The van der Waals surface area contributed by atoms with Crippen LogP contribution in [0.2, 0.25) is 0 Å². The lowest BCUT2D eigenvalue weighted by Crippen LogP contribution is -2.37. The highest BCUT2D eigenvalue weighted by molar-refractivity contribution is 5.78. The van der Waals surface area contributed by atoms with E-state index >= 15 is 0 Å². The van der Waals surface area contributed by atoms with Crippen molar-refractivity contribution in [1.82, 2.24) is 20.2 Å². The quantitative estimate of drug-likeness (QED) is 0.785. The van der Waals surface area contributed by atoms with Gasteiger partial charge in [-0.2, -0.15) is 10.1 Å². The molecule has 2 aliphatic rings. The number of hydrogen-bond donors (Lipinski definition) is 3. The third-order valence-electron chi connectivity index (χ3n) is 4.67. The number of carboxylic acids is 1. The minimum absolute atomic E-state index is 0.510. The first-order chi connectivity index (χ1) is 11.6. The Labute approximate surface area is 139 Å². The zero-order valence-corrected chi connectivity index (χ0v) is 13.5. The Morgan fingerprint density at radius 1 is 1.38 bits per heavy atom. The highest BCUT2D eigenvalue weighted by atomic mass is 16.4. The Kier molecular flexibility index (Phi) is 3.59. The Balaban J connectivity index is 1.71. The predicted molar refractivity (Wildman–Crippen MR) is 88.7 cm³/mol. The first-order valence-electron chi connectivity index (χ1n) is 8.30. The molecular weight excluding hydrogens is 308 g/mol. The maximum Gasteiger partial charge on any atom is 0.326 e. The monoisotopic (exact) mass is 328 g/mol. The highest BCUT2D eigenvalue weighted by Crippen LogP contribution is 2.32. The number of aromatic nitrogens is 4. The van der Waals surface area contributed by atoms with Gasteiger partial charge in [0.05, 0.1) is 5.69 Å². The van der Waals surface area contributed by atoms with Crippen molar-refractivity contribution in [3.63, 3.8) is 0 Å². The molecule has 0 radical (unpaired) electrons. The van der Waals surface area contributed by atoms with Crippen LogP contribution in [0.3, 0.4) is 0 Å². The molecule has 3 heterocycles. The third-order valence-corrected chi connectivity index (χ3v) is 4.67. The number of aryl methyl sites for hydroxylation is 2. The molecule has 126 valence electrons. The minimum Gasteiger partial charge on any atom is -0.480 e. The number of nitrogens with zero attached hydrogens (tertiary/aromatic N) is 4. The average Bonchev–Trinajstić information content (AvgIpc) is 3.26. The molecule has 3 N–H and O–H groups in total. The van der Waals surface area contributed by atoms with Crippen molar-refractivity contribution in [2.24, 2.45) is 0 Å². The molecule has 1 atom stereocenters. The van der Waals surface area contributed by atoms with E-state index in [1.54, 1.807) is 0 Å². The third kappa shape index (κ3) is 2.57. The van der Waals surface area contributed by atoms with E-state index in [-0.39, 0.29) is 0 Å². The topological polar surface area (TPSA) is 107 Å². The van der Waals surface area contributed by atoms with E-state index in [1.165, 1.54) is 0 Å². The second-order valence-corrected chi connectivity index (χ2v) is 6.40. The van der Waals surface area contributed by atoms with E-state index in [1.807, 2.05) is 17.9 Å². The molecule has 2 aromatic heterocycles. The van der Waals surface area contributed by atoms with Crippen molar-refractivity contribution < 1.29 is 9.90 Å². The van der Waals surface area contributed by atoms with Gasteiger partial charge in [0.1, 0.15) is 11.9 Å². The normalized spacial score (nSPS) is 19.5. The van der Waals surface area contributed by atoms with E-state index in [4.69, 9.17) is 0 Å². The van der Waals surface area contributed by atoms with Crippen molar-refractivity contribution in [1.29, 1.82) is 0 Å². The van der Waals surface area contributed by atoms with Gasteiger partial charge in [0.25, 0.3) is 0 Å². The molecule has 0 saturated carbocycles. The number of aromatic amines is 1. The van der Waals surface area contributed by atoms with Crippen LogP contribution in [0.25, 0.3) is 0 Å². The Hall–Kier alpha value is -2.64. The molecule has 1 fully saturated rings. The Morgan fingerprint density at radius 3 is 3.00 bits per heavy atom. The fourth-order valence-corrected chi connectivity index (χ4v) is 3.52. The van der Waals surface area contributed by atoms with Gasteiger partial charge < -0.3 is 15.3 Å². The van der Waals surface area contributed by atoms with Crippen LogP contribution in [0, 0.1) is 6.92 Å². The number of carboxylic acid groups (broad SMARTS) is 1. The summed E-state index contributed by atoms with van der Waals surface area (Å²) in [6.07, 6.45) is 4.37. The fraction of sp³-hybridized carbons (Fsp3) is 0.500. The van der Waals surface area contributed by atoms with Crippen LogP contribution in [0.1, 0.15) is 36.2 Å². The van der Waals surface area contributed by atoms with Gasteiger partial charge in [-0.05, 0) is 39.0 Å². The molecule has 1 aliphatic carbocycles. The smallest absolute Gasteiger partial charge is 0.326 e. The summed E-state index contributed by atoms with van der Waals surface area (Å²) in [4.78, 5) is 22.6. The van der Waals surface area contributed by atoms with Gasteiger partial charge >= 0.3 is 5.97 Å². The standard InChI is InChI=1S/C16H20N6O2/c1-9-8-13(21-20-9)18-14-10-4-2-5-11(10)17-16(19-14)22-7-3-6-12(22)15(23)24/h8,12H,2-7H2,1H3,(H,23,24)(H2,17,18,19,20,21). The van der Waals surface area contributed by atoms with Gasteiger partial charge in [0.15, 0.2) is 5.82 Å². The van der Waals surface area contributed by atoms with Gasteiger partial charge in [-0.1, -0.05) is 0 Å². The lowest BCUT2D eigenvalue weighted by atomic mass is 10.2. The highest BCUT2D eigenvalue weighted by Gasteiger charge is 2.33. The van der Waals surface area contributed by atoms with Gasteiger partial charge in [-0.15, -0.1) is 0 Å². The summed E-state index contributed by atoms with van der Waals surface area (Å²) in [5.74, 6) is 1.15. The van der Waals surface area contributed by atoms with E-state index in [0.29, 0.717) is 24.7 Å². The molecule has 24 heavy (non-hydrogen) atoms. The van der Waals surface area contributed by atoms with Crippen LogP contribution in [0.15, 0.2) is 6.07 Å². The molecule has 8 heteroatoms. The minimum atomic E-state index is -0.811. The van der Waals surface area contributed by atoms with E-state index in [0.717, 1.165) is 48.5 Å². The van der Waals surface area contributed by atoms with Crippen LogP contribution in [-0.2, 0) is 17.6 Å². The molecule has 0 bridgehead atoms. The van der Waals surface area contributed by atoms with Crippen LogP contribution in [-0.4, -0.2) is 43.8 Å². The van der Waals surface area contributed by atoms with Crippen LogP contribution in [0.5, 0.6) is 0 Å². The molecule has 1 aliphatic heterocycles. The molecule has 8 nitrogen and oxygen atoms in total. The Morgan fingerprint density at radius 2 is 2.25 bits per heavy atom. The molecule has 0 aromatic carbocycles. The molecule has 1 unspecified atom stereocenters. The number of fused-ring (bicyclic) bond motifs is 1. The first-order valence-corrected chi connectivity index (χ1v) is 8.30. The summed E-state index contributed by atoms with van der Waals surface area (Å²) >= 11 is 0. The summed E-state index contributed by atoms with van der Waals surface area (Å²) < 4.78 is 0. The maximum atomic E-state index is 11.5. The molecule has 1 saturated heterocycles. The van der Waals surface area contributed by atoms with E-state index < -0.39 is 12.0 Å². The fourth-order valence-electron chi connectivity index (χ4n) is 3.52. The molecule has 0 spiro atoms. The average molecular weight is 328 g/mol. The number of H-pyrrole nitrogens is 1. The summed E-state index contributed by atoms with van der Waals surface area (Å²) in [5.41, 5.74) is 3.10. The van der Waals surface area contributed by atoms with Crippen LogP contribution in [0.4, 0.5) is 17.6 Å². The predicted octanol–water partition coefficient (Wildman–Crippen LogP) is 1.79. The number of nitrogens with one attached hydrogen (secondary N) is 2. The lowest BCUT2D eigenvalue weighted by molar-refractivity contribution is -0.138. The molecule has 2 aromatic rings. The summed E-state index contributed by atoms with van der Waals surface area (Å²) in [6.45, 7) is 2.62. The molecule has 0 amide bonds.